The second kappa shape index (κ2) is 4.48. The first-order chi connectivity index (χ1) is 8.81. The second-order valence-corrected chi connectivity index (χ2v) is 4.97. The van der Waals surface area contributed by atoms with Gasteiger partial charge < -0.3 is 10.6 Å². The van der Waals surface area contributed by atoms with Crippen LogP contribution in [-0.4, -0.2) is 17.6 Å². The number of rotatable bonds is 2. The van der Waals surface area contributed by atoms with Crippen molar-refractivity contribution in [2.75, 3.05) is 17.2 Å². The Morgan fingerprint density at radius 3 is 3.11 bits per heavy atom. The number of benzene rings is 1. The van der Waals surface area contributed by atoms with E-state index in [-0.39, 0.29) is 0 Å². The highest BCUT2D eigenvalue weighted by Crippen LogP contribution is 2.34. The van der Waals surface area contributed by atoms with Crippen LogP contribution >= 0.6 is 0 Å². The molecular formula is C15H19N3. The molecule has 1 aliphatic rings. The van der Waals surface area contributed by atoms with Gasteiger partial charge >= 0.3 is 0 Å². The van der Waals surface area contributed by atoms with Crippen molar-refractivity contribution in [3.05, 3.63) is 30.5 Å². The van der Waals surface area contributed by atoms with Crippen LogP contribution in [0.1, 0.15) is 26.2 Å². The monoisotopic (exact) mass is 241 g/mol. The minimum Gasteiger partial charge on any atom is -0.398 e. The van der Waals surface area contributed by atoms with Gasteiger partial charge in [0.15, 0.2) is 0 Å². The third-order valence-corrected chi connectivity index (χ3v) is 3.94. The Balaban J connectivity index is 2.15. The van der Waals surface area contributed by atoms with Gasteiger partial charge in [0.05, 0.1) is 11.2 Å². The van der Waals surface area contributed by atoms with Crippen molar-refractivity contribution < 1.29 is 0 Å². The van der Waals surface area contributed by atoms with Crippen LogP contribution in [0.15, 0.2) is 30.5 Å². The average molecular weight is 241 g/mol. The molecule has 1 saturated heterocycles. The number of hydrogen-bond donors (Lipinski definition) is 1. The largest absolute Gasteiger partial charge is 0.398 e. The Bertz CT molecular complexity index is 565. The van der Waals surface area contributed by atoms with Crippen molar-refractivity contribution in [2.24, 2.45) is 0 Å². The Labute approximate surface area is 108 Å². The Morgan fingerprint density at radius 1 is 1.39 bits per heavy atom. The van der Waals surface area contributed by atoms with Crippen LogP contribution < -0.4 is 10.6 Å². The third-order valence-electron chi connectivity index (χ3n) is 3.94. The molecule has 2 aromatic rings. The lowest BCUT2D eigenvalue weighted by Crippen LogP contribution is -2.28. The molecular weight excluding hydrogens is 222 g/mol. The SMILES string of the molecule is CCC1CCCN1c1ccc(N)c2cccnc12. The molecule has 0 radical (unpaired) electrons. The average Bonchev–Trinajstić information content (AvgIpc) is 2.88. The van der Waals surface area contributed by atoms with E-state index in [1.807, 2.05) is 18.3 Å². The number of nitrogen functional groups attached to an aromatic ring is 1. The first kappa shape index (κ1) is 11.3. The number of pyridine rings is 1. The molecule has 1 fully saturated rings. The summed E-state index contributed by atoms with van der Waals surface area (Å²) in [6, 6.07) is 8.78. The van der Waals surface area contributed by atoms with Crippen molar-refractivity contribution in [1.82, 2.24) is 4.98 Å². The van der Waals surface area contributed by atoms with Crippen LogP contribution in [0.5, 0.6) is 0 Å². The van der Waals surface area contributed by atoms with Crippen molar-refractivity contribution in [2.45, 2.75) is 32.2 Å². The van der Waals surface area contributed by atoms with Gasteiger partial charge in [-0.05, 0) is 43.5 Å². The lowest BCUT2D eigenvalue weighted by Gasteiger charge is -2.27. The van der Waals surface area contributed by atoms with Gasteiger partial charge in [0.25, 0.3) is 0 Å². The summed E-state index contributed by atoms with van der Waals surface area (Å²) < 4.78 is 0. The molecule has 94 valence electrons. The van der Waals surface area contributed by atoms with Gasteiger partial charge in [0.2, 0.25) is 0 Å². The Hall–Kier alpha value is -1.77. The first-order valence-electron chi connectivity index (χ1n) is 6.71. The Morgan fingerprint density at radius 2 is 2.28 bits per heavy atom. The maximum absolute atomic E-state index is 6.03. The van der Waals surface area contributed by atoms with Crippen molar-refractivity contribution >= 4 is 22.3 Å². The van der Waals surface area contributed by atoms with E-state index in [2.05, 4.69) is 28.9 Å². The van der Waals surface area contributed by atoms with Crippen LogP contribution in [0.4, 0.5) is 11.4 Å². The number of hydrogen-bond acceptors (Lipinski definition) is 3. The molecule has 0 amide bonds. The second-order valence-electron chi connectivity index (χ2n) is 4.97. The van der Waals surface area contributed by atoms with E-state index >= 15 is 0 Å². The van der Waals surface area contributed by atoms with Gasteiger partial charge in [-0.1, -0.05) is 6.92 Å². The quantitative estimate of drug-likeness (QED) is 0.821. The third kappa shape index (κ3) is 1.70. The fourth-order valence-electron chi connectivity index (χ4n) is 2.99. The van der Waals surface area contributed by atoms with E-state index in [0.717, 1.165) is 23.1 Å². The van der Waals surface area contributed by atoms with Gasteiger partial charge in [0, 0.05) is 29.9 Å². The molecule has 1 aliphatic heterocycles. The van der Waals surface area contributed by atoms with Crippen LogP contribution in [0.2, 0.25) is 0 Å². The smallest absolute Gasteiger partial charge is 0.0956 e. The van der Waals surface area contributed by atoms with E-state index in [1.54, 1.807) is 0 Å². The summed E-state index contributed by atoms with van der Waals surface area (Å²) in [5.74, 6) is 0. The molecule has 2 N–H and O–H groups in total. The Kier molecular flexibility index (Phi) is 2.82. The summed E-state index contributed by atoms with van der Waals surface area (Å²) in [5.41, 5.74) is 9.13. The highest BCUT2D eigenvalue weighted by Gasteiger charge is 2.24. The molecule has 1 aromatic heterocycles. The van der Waals surface area contributed by atoms with Gasteiger partial charge in [-0.2, -0.15) is 0 Å². The molecule has 2 heterocycles. The number of nitrogens with two attached hydrogens (primary N) is 1. The van der Waals surface area contributed by atoms with Crippen molar-refractivity contribution in [3.63, 3.8) is 0 Å². The number of nitrogens with zero attached hydrogens (tertiary/aromatic N) is 2. The number of anilines is 2. The summed E-state index contributed by atoms with van der Waals surface area (Å²) >= 11 is 0. The molecule has 3 heteroatoms. The van der Waals surface area contributed by atoms with Crippen LogP contribution in [0.3, 0.4) is 0 Å². The number of fused-ring (bicyclic) bond motifs is 1. The van der Waals surface area contributed by atoms with Crippen molar-refractivity contribution in [1.29, 1.82) is 0 Å². The zero-order chi connectivity index (χ0) is 12.5. The predicted molar refractivity (Wildman–Crippen MR) is 76.8 cm³/mol. The highest BCUT2D eigenvalue weighted by atomic mass is 15.2. The predicted octanol–water partition coefficient (Wildman–Crippen LogP) is 3.20. The van der Waals surface area contributed by atoms with E-state index in [9.17, 15) is 0 Å². The molecule has 0 saturated carbocycles. The van der Waals surface area contributed by atoms with Gasteiger partial charge in [0.1, 0.15) is 0 Å². The summed E-state index contributed by atoms with van der Waals surface area (Å²) in [6.07, 6.45) is 5.60. The van der Waals surface area contributed by atoms with E-state index in [1.165, 1.54) is 24.9 Å². The normalized spacial score (nSPS) is 19.6. The lowest BCUT2D eigenvalue weighted by atomic mass is 10.1. The van der Waals surface area contributed by atoms with Crippen molar-refractivity contribution in [3.8, 4) is 0 Å². The summed E-state index contributed by atoms with van der Waals surface area (Å²) in [6.45, 7) is 3.39. The van der Waals surface area contributed by atoms with E-state index in [0.29, 0.717) is 6.04 Å². The standard InChI is InChI=1S/C15H19N3/c1-2-11-5-4-10-18(11)14-8-7-13(16)12-6-3-9-17-15(12)14/h3,6-9,11H,2,4-5,10,16H2,1H3. The molecule has 0 bridgehead atoms. The van der Waals surface area contributed by atoms with Crippen LogP contribution in [0.25, 0.3) is 10.9 Å². The molecule has 1 atom stereocenters. The first-order valence-corrected chi connectivity index (χ1v) is 6.71. The zero-order valence-electron chi connectivity index (χ0n) is 10.8. The molecule has 3 rings (SSSR count). The maximum atomic E-state index is 6.03. The topological polar surface area (TPSA) is 42.1 Å². The van der Waals surface area contributed by atoms with Gasteiger partial charge in [-0.3, -0.25) is 4.98 Å². The van der Waals surface area contributed by atoms with E-state index < -0.39 is 0 Å². The van der Waals surface area contributed by atoms with Gasteiger partial charge in [-0.15, -0.1) is 0 Å². The molecule has 0 aliphatic carbocycles. The fourth-order valence-corrected chi connectivity index (χ4v) is 2.99. The van der Waals surface area contributed by atoms with Crippen LogP contribution in [0, 0.1) is 0 Å². The minimum atomic E-state index is 0.652. The molecule has 18 heavy (non-hydrogen) atoms. The molecule has 3 nitrogen and oxygen atoms in total. The minimum absolute atomic E-state index is 0.652. The molecule has 0 spiro atoms. The summed E-state index contributed by atoms with van der Waals surface area (Å²) in [7, 11) is 0. The van der Waals surface area contributed by atoms with E-state index in [4.69, 9.17) is 5.73 Å². The molecule has 1 unspecified atom stereocenters. The molecule has 1 aromatic carbocycles. The fraction of sp³-hybridized carbons (Fsp3) is 0.400. The van der Waals surface area contributed by atoms with Crippen LogP contribution in [-0.2, 0) is 0 Å². The van der Waals surface area contributed by atoms with Gasteiger partial charge in [-0.25, -0.2) is 0 Å². The summed E-state index contributed by atoms with van der Waals surface area (Å²) in [4.78, 5) is 7.03. The lowest BCUT2D eigenvalue weighted by molar-refractivity contribution is 0.646. The maximum Gasteiger partial charge on any atom is 0.0956 e. The zero-order valence-corrected chi connectivity index (χ0v) is 10.8. The summed E-state index contributed by atoms with van der Waals surface area (Å²) in [5, 5.41) is 1.07. The highest BCUT2D eigenvalue weighted by molar-refractivity contribution is 5.98. The number of aromatic nitrogens is 1.